The first-order chi connectivity index (χ1) is 18.0. The molecule has 37 heavy (non-hydrogen) atoms. The van der Waals surface area contributed by atoms with Crippen LogP contribution in [-0.4, -0.2) is 62.8 Å². The van der Waals surface area contributed by atoms with Gasteiger partial charge in [0.2, 0.25) is 0 Å². The summed E-state index contributed by atoms with van der Waals surface area (Å²) in [5.41, 5.74) is 1.89. The van der Waals surface area contributed by atoms with Crippen LogP contribution in [0.1, 0.15) is 12.5 Å². The highest BCUT2D eigenvalue weighted by Crippen LogP contribution is 2.30. The molecule has 1 aromatic heterocycles. The molecule has 0 aliphatic carbocycles. The molecular formula is C29H33N3O4S. The molecule has 7 nitrogen and oxygen atoms in total. The molecule has 194 valence electrons. The molecule has 8 heteroatoms. The minimum atomic E-state index is -3.98. The predicted molar refractivity (Wildman–Crippen MR) is 148 cm³/mol. The fraction of sp³-hybridized carbons (Fsp3) is 0.276. The van der Waals surface area contributed by atoms with Gasteiger partial charge in [-0.05, 0) is 48.9 Å². The molecule has 0 amide bonds. The predicted octanol–water partition coefficient (Wildman–Crippen LogP) is 4.37. The number of aliphatic hydroxyl groups is 1. The number of para-hydroxylation sites is 3. The largest absolute Gasteiger partial charge is 0.492 e. The minimum Gasteiger partial charge on any atom is -0.492 e. The van der Waals surface area contributed by atoms with Crippen molar-refractivity contribution in [2.75, 3.05) is 43.7 Å². The summed E-state index contributed by atoms with van der Waals surface area (Å²) in [5.74, 6) is 0.844. The Hall–Kier alpha value is -3.46. The summed E-state index contributed by atoms with van der Waals surface area (Å²) in [6, 6.07) is 26.0. The number of pyridine rings is 1. The highest BCUT2D eigenvalue weighted by molar-refractivity contribution is 7.93. The van der Waals surface area contributed by atoms with Gasteiger partial charge in [-0.1, -0.05) is 61.5 Å². The molecule has 0 radical (unpaired) electrons. The molecule has 4 rings (SSSR count). The maximum absolute atomic E-state index is 13.9. The fourth-order valence-corrected chi connectivity index (χ4v) is 6.01. The maximum atomic E-state index is 13.9. The summed E-state index contributed by atoms with van der Waals surface area (Å²) in [7, 11) is -3.98. The van der Waals surface area contributed by atoms with Crippen LogP contribution in [0.25, 0.3) is 10.9 Å². The lowest BCUT2D eigenvalue weighted by Crippen LogP contribution is -2.35. The van der Waals surface area contributed by atoms with E-state index in [1.165, 1.54) is 4.31 Å². The highest BCUT2D eigenvalue weighted by Gasteiger charge is 2.28. The van der Waals surface area contributed by atoms with E-state index in [2.05, 4.69) is 16.8 Å². The van der Waals surface area contributed by atoms with Crippen LogP contribution in [0.2, 0.25) is 0 Å². The molecule has 0 aliphatic rings. The number of aliphatic hydroxyl groups excluding tert-OH is 1. The van der Waals surface area contributed by atoms with Crippen molar-refractivity contribution in [3.63, 3.8) is 0 Å². The Bertz CT molecular complexity index is 1390. The maximum Gasteiger partial charge on any atom is 0.266 e. The average molecular weight is 520 g/mol. The molecule has 0 aliphatic heterocycles. The number of fused-ring (bicyclic) bond motifs is 1. The Kier molecular flexibility index (Phi) is 9.11. The van der Waals surface area contributed by atoms with Crippen LogP contribution in [0.3, 0.4) is 0 Å². The van der Waals surface area contributed by atoms with E-state index < -0.39 is 10.0 Å². The Balaban J connectivity index is 1.54. The topological polar surface area (TPSA) is 83.0 Å². The van der Waals surface area contributed by atoms with Gasteiger partial charge in [0, 0.05) is 24.7 Å². The van der Waals surface area contributed by atoms with Crippen LogP contribution >= 0.6 is 0 Å². The monoisotopic (exact) mass is 519 g/mol. The summed E-state index contributed by atoms with van der Waals surface area (Å²) in [5, 5.41) is 10.6. The lowest BCUT2D eigenvalue weighted by Gasteiger charge is -2.27. The minimum absolute atomic E-state index is 0.0506. The Morgan fingerprint density at radius 2 is 1.62 bits per heavy atom. The van der Waals surface area contributed by atoms with Gasteiger partial charge in [0.15, 0.2) is 0 Å². The summed E-state index contributed by atoms with van der Waals surface area (Å²) in [6.07, 6.45) is 2.24. The molecule has 0 bridgehead atoms. The van der Waals surface area contributed by atoms with Crippen molar-refractivity contribution in [1.82, 2.24) is 9.88 Å². The molecular weight excluding hydrogens is 486 g/mol. The van der Waals surface area contributed by atoms with Gasteiger partial charge >= 0.3 is 0 Å². The van der Waals surface area contributed by atoms with E-state index in [9.17, 15) is 13.5 Å². The zero-order valence-electron chi connectivity index (χ0n) is 21.0. The third-order valence-electron chi connectivity index (χ3n) is 6.29. The molecule has 0 fully saturated rings. The van der Waals surface area contributed by atoms with E-state index in [4.69, 9.17) is 4.74 Å². The number of benzene rings is 3. The van der Waals surface area contributed by atoms with Crippen LogP contribution in [0.5, 0.6) is 5.75 Å². The van der Waals surface area contributed by atoms with Gasteiger partial charge in [-0.25, -0.2) is 8.42 Å². The van der Waals surface area contributed by atoms with Gasteiger partial charge in [0.1, 0.15) is 17.3 Å². The summed E-state index contributed by atoms with van der Waals surface area (Å²) in [6.45, 7) is 4.67. The van der Waals surface area contributed by atoms with E-state index in [1.807, 2.05) is 60.7 Å². The molecule has 1 N–H and O–H groups in total. The molecule has 0 unspecified atom stereocenters. The zero-order valence-corrected chi connectivity index (χ0v) is 21.8. The number of nitrogens with zero attached hydrogens (tertiary/aromatic N) is 3. The number of likely N-dealkylation sites (N-methyl/N-ethyl adjacent to an activating group) is 1. The fourth-order valence-electron chi connectivity index (χ4n) is 4.35. The summed E-state index contributed by atoms with van der Waals surface area (Å²) < 4.78 is 35.0. The van der Waals surface area contributed by atoms with Crippen LogP contribution in [0.4, 0.5) is 5.69 Å². The third-order valence-corrected chi connectivity index (χ3v) is 8.14. The molecule has 0 spiro atoms. The van der Waals surface area contributed by atoms with Crippen molar-refractivity contribution in [1.29, 1.82) is 0 Å². The lowest BCUT2D eigenvalue weighted by atomic mass is 10.1. The molecule has 0 saturated heterocycles. The number of hydrogen-bond acceptors (Lipinski definition) is 6. The van der Waals surface area contributed by atoms with E-state index in [-0.39, 0.29) is 18.0 Å². The highest BCUT2D eigenvalue weighted by atomic mass is 32.2. The number of rotatable bonds is 13. The quantitative estimate of drug-likeness (QED) is 0.283. The SMILES string of the molecule is CCN(CCOc1ccccc1)CCc1ccccc1N(CCO)S(=O)(=O)c1cccc2cccnc12. The third kappa shape index (κ3) is 6.46. The second-order valence-corrected chi connectivity index (χ2v) is 10.4. The van der Waals surface area contributed by atoms with E-state index in [1.54, 1.807) is 30.5 Å². The summed E-state index contributed by atoms with van der Waals surface area (Å²) >= 11 is 0. The standard InChI is InChI=1S/C29H33N3O4S/c1-2-31(21-23-36-26-13-4-3-5-14-26)19-17-24-10-6-7-15-27(24)32(20-22-33)37(34,35)28-16-8-11-25-12-9-18-30-29(25)28/h3-16,18,33H,2,17,19-23H2,1H3. The van der Waals surface area contributed by atoms with Crippen molar-refractivity contribution >= 4 is 26.6 Å². The van der Waals surface area contributed by atoms with Gasteiger partial charge in [-0.15, -0.1) is 0 Å². The van der Waals surface area contributed by atoms with E-state index in [0.717, 1.165) is 36.3 Å². The second-order valence-electron chi connectivity index (χ2n) is 8.61. The van der Waals surface area contributed by atoms with Gasteiger partial charge in [0.25, 0.3) is 10.0 Å². The van der Waals surface area contributed by atoms with Crippen LogP contribution in [-0.2, 0) is 16.4 Å². The first-order valence-corrected chi connectivity index (χ1v) is 13.9. The number of sulfonamides is 1. The molecule has 0 atom stereocenters. The second kappa shape index (κ2) is 12.7. The zero-order chi connectivity index (χ0) is 26.1. The number of aromatic nitrogens is 1. The summed E-state index contributed by atoms with van der Waals surface area (Å²) in [4.78, 5) is 6.74. The van der Waals surface area contributed by atoms with Crippen molar-refractivity contribution in [2.24, 2.45) is 0 Å². The van der Waals surface area contributed by atoms with Crippen LogP contribution in [0, 0.1) is 0 Å². The van der Waals surface area contributed by atoms with Gasteiger partial charge in [-0.2, -0.15) is 0 Å². The molecule has 1 heterocycles. The van der Waals surface area contributed by atoms with Crippen molar-refractivity contribution in [2.45, 2.75) is 18.2 Å². The molecule has 4 aromatic rings. The van der Waals surface area contributed by atoms with Gasteiger partial charge in [0.05, 0.1) is 24.4 Å². The van der Waals surface area contributed by atoms with Gasteiger partial charge < -0.3 is 9.84 Å². The van der Waals surface area contributed by atoms with Crippen LogP contribution in [0.15, 0.2) is 96.0 Å². The number of hydrogen-bond donors (Lipinski definition) is 1. The smallest absolute Gasteiger partial charge is 0.266 e. The first-order valence-electron chi connectivity index (χ1n) is 12.5. The Morgan fingerprint density at radius 1 is 0.865 bits per heavy atom. The lowest BCUT2D eigenvalue weighted by molar-refractivity contribution is 0.217. The Labute approximate surface area is 219 Å². The average Bonchev–Trinajstić information content (AvgIpc) is 2.94. The first kappa shape index (κ1) is 26.6. The van der Waals surface area contributed by atoms with Crippen molar-refractivity contribution in [3.8, 4) is 5.75 Å². The number of ether oxygens (including phenoxy) is 1. The van der Waals surface area contributed by atoms with Gasteiger partial charge in [-0.3, -0.25) is 14.2 Å². The van der Waals surface area contributed by atoms with Crippen molar-refractivity contribution < 1.29 is 18.3 Å². The molecule has 0 saturated carbocycles. The van der Waals surface area contributed by atoms with E-state index in [0.29, 0.717) is 24.2 Å². The van der Waals surface area contributed by atoms with E-state index >= 15 is 0 Å². The van der Waals surface area contributed by atoms with Crippen molar-refractivity contribution in [3.05, 3.63) is 96.7 Å². The Morgan fingerprint density at radius 3 is 2.41 bits per heavy atom. The number of anilines is 1. The normalized spacial score (nSPS) is 11.6. The molecule has 3 aromatic carbocycles. The van der Waals surface area contributed by atoms with Crippen LogP contribution < -0.4 is 9.04 Å².